The van der Waals surface area contributed by atoms with E-state index in [1.807, 2.05) is 0 Å². The molecular formula is C11H20N2O5. The number of carbonyl (C=O) groups is 2. The van der Waals surface area contributed by atoms with Crippen LogP contribution in [0.15, 0.2) is 0 Å². The Kier molecular flexibility index (Phi) is 6.45. The summed E-state index contributed by atoms with van der Waals surface area (Å²) in [6.45, 7) is 1.15. The Labute approximate surface area is 106 Å². The van der Waals surface area contributed by atoms with Crippen molar-refractivity contribution in [1.82, 2.24) is 10.6 Å². The molecule has 0 saturated heterocycles. The molecule has 104 valence electrons. The predicted octanol–water partition coefficient (Wildman–Crippen LogP) is -0.452. The third-order valence-corrected chi connectivity index (χ3v) is 2.59. The number of aliphatic carboxylic acids is 1. The van der Waals surface area contributed by atoms with E-state index in [9.17, 15) is 9.59 Å². The third kappa shape index (κ3) is 6.41. The standard InChI is InChI=1S/C11H20N2O5/c14-6-9(10(15)16)13-11(17)12-4-1-5-18-7-8-2-3-8/h8-9,14H,1-7H2,(H,15,16)(H2,12,13,17)/t9-/m1/s1. The first kappa shape index (κ1) is 14.7. The maximum absolute atomic E-state index is 11.2. The summed E-state index contributed by atoms with van der Waals surface area (Å²) in [6, 6.07) is -1.87. The van der Waals surface area contributed by atoms with Gasteiger partial charge in [0.05, 0.1) is 6.61 Å². The van der Waals surface area contributed by atoms with Crippen molar-refractivity contribution in [1.29, 1.82) is 0 Å². The van der Waals surface area contributed by atoms with Crippen molar-refractivity contribution in [2.45, 2.75) is 25.3 Å². The van der Waals surface area contributed by atoms with Crippen LogP contribution in [0.3, 0.4) is 0 Å². The fourth-order valence-electron chi connectivity index (χ4n) is 1.31. The van der Waals surface area contributed by atoms with Crippen LogP contribution in [0.25, 0.3) is 0 Å². The number of nitrogens with one attached hydrogen (secondary N) is 2. The second-order valence-electron chi connectivity index (χ2n) is 4.35. The number of rotatable bonds is 9. The van der Waals surface area contributed by atoms with Crippen molar-refractivity contribution in [3.8, 4) is 0 Å². The first-order chi connectivity index (χ1) is 8.63. The third-order valence-electron chi connectivity index (χ3n) is 2.59. The van der Waals surface area contributed by atoms with Crippen LogP contribution in [-0.4, -0.2) is 54.6 Å². The topological polar surface area (TPSA) is 108 Å². The quantitative estimate of drug-likeness (QED) is 0.420. The molecule has 1 aliphatic carbocycles. The zero-order chi connectivity index (χ0) is 13.4. The molecule has 0 heterocycles. The Morgan fingerprint density at radius 2 is 2.11 bits per heavy atom. The largest absolute Gasteiger partial charge is 0.480 e. The molecule has 4 N–H and O–H groups in total. The van der Waals surface area contributed by atoms with Crippen LogP contribution in [0.4, 0.5) is 4.79 Å². The average Bonchev–Trinajstić information content (AvgIpc) is 3.14. The summed E-state index contributed by atoms with van der Waals surface area (Å²) in [5.74, 6) is -0.539. The highest BCUT2D eigenvalue weighted by molar-refractivity contribution is 5.82. The molecule has 0 unspecified atom stereocenters. The molecule has 0 bridgehead atoms. The first-order valence-electron chi connectivity index (χ1n) is 6.09. The van der Waals surface area contributed by atoms with Crippen molar-refractivity contribution >= 4 is 12.0 Å². The average molecular weight is 260 g/mol. The Hall–Kier alpha value is -1.34. The summed E-state index contributed by atoms with van der Waals surface area (Å²) >= 11 is 0. The lowest BCUT2D eigenvalue weighted by Gasteiger charge is -2.12. The van der Waals surface area contributed by atoms with Crippen LogP contribution in [0.2, 0.25) is 0 Å². The van der Waals surface area contributed by atoms with Gasteiger partial charge in [-0.05, 0) is 25.2 Å². The van der Waals surface area contributed by atoms with E-state index in [-0.39, 0.29) is 0 Å². The van der Waals surface area contributed by atoms with Gasteiger partial charge in [0, 0.05) is 19.8 Å². The Morgan fingerprint density at radius 1 is 1.39 bits per heavy atom. The maximum Gasteiger partial charge on any atom is 0.328 e. The van der Waals surface area contributed by atoms with E-state index >= 15 is 0 Å². The van der Waals surface area contributed by atoms with E-state index in [2.05, 4.69) is 10.6 Å². The van der Waals surface area contributed by atoms with Gasteiger partial charge in [-0.25, -0.2) is 9.59 Å². The van der Waals surface area contributed by atoms with E-state index < -0.39 is 24.6 Å². The molecule has 1 aliphatic rings. The smallest absolute Gasteiger partial charge is 0.328 e. The molecule has 1 fully saturated rings. The first-order valence-corrected chi connectivity index (χ1v) is 6.09. The molecule has 1 atom stereocenters. The Balaban J connectivity index is 1.96. The van der Waals surface area contributed by atoms with E-state index in [1.165, 1.54) is 12.8 Å². The van der Waals surface area contributed by atoms with Gasteiger partial charge in [-0.2, -0.15) is 0 Å². The molecule has 7 heteroatoms. The molecule has 1 saturated carbocycles. The summed E-state index contributed by atoms with van der Waals surface area (Å²) in [5, 5.41) is 21.9. The second kappa shape index (κ2) is 7.88. The minimum atomic E-state index is -1.27. The highest BCUT2D eigenvalue weighted by Crippen LogP contribution is 2.28. The van der Waals surface area contributed by atoms with Crippen molar-refractivity contribution in [2.24, 2.45) is 5.92 Å². The molecule has 0 aromatic rings. The number of carboxylic acid groups (broad SMARTS) is 1. The van der Waals surface area contributed by atoms with Gasteiger partial charge in [0.25, 0.3) is 0 Å². The molecule has 1 rings (SSSR count). The van der Waals surface area contributed by atoms with Gasteiger partial charge in [0.1, 0.15) is 0 Å². The summed E-state index contributed by atoms with van der Waals surface area (Å²) in [4.78, 5) is 21.8. The van der Waals surface area contributed by atoms with Crippen molar-refractivity contribution in [3.05, 3.63) is 0 Å². The molecule has 0 radical (unpaired) electrons. The van der Waals surface area contributed by atoms with Gasteiger partial charge in [0.2, 0.25) is 0 Å². The lowest BCUT2D eigenvalue weighted by Crippen LogP contribution is -2.48. The fourth-order valence-corrected chi connectivity index (χ4v) is 1.31. The normalized spacial score (nSPS) is 16.1. The monoisotopic (exact) mass is 260 g/mol. The minimum absolute atomic E-state index is 0.411. The minimum Gasteiger partial charge on any atom is -0.480 e. The van der Waals surface area contributed by atoms with Crippen LogP contribution >= 0.6 is 0 Å². The van der Waals surface area contributed by atoms with Crippen LogP contribution < -0.4 is 10.6 Å². The van der Waals surface area contributed by atoms with Crippen LogP contribution in [0.5, 0.6) is 0 Å². The molecule has 0 aliphatic heterocycles. The number of aliphatic hydroxyl groups excluding tert-OH is 1. The van der Waals surface area contributed by atoms with Crippen LogP contribution in [0, 0.1) is 5.92 Å². The molecule has 2 amide bonds. The van der Waals surface area contributed by atoms with Gasteiger partial charge < -0.3 is 25.6 Å². The van der Waals surface area contributed by atoms with Crippen molar-refractivity contribution in [3.63, 3.8) is 0 Å². The highest BCUT2D eigenvalue weighted by atomic mass is 16.5. The molecule has 18 heavy (non-hydrogen) atoms. The number of ether oxygens (including phenoxy) is 1. The molecule has 0 spiro atoms. The molecule has 0 aromatic carbocycles. The molecule has 0 aromatic heterocycles. The summed E-state index contributed by atoms with van der Waals surface area (Å²) in [7, 11) is 0. The van der Waals surface area contributed by atoms with Gasteiger partial charge in [0.15, 0.2) is 6.04 Å². The maximum atomic E-state index is 11.2. The van der Waals surface area contributed by atoms with E-state index in [1.54, 1.807) is 0 Å². The lowest BCUT2D eigenvalue weighted by atomic mass is 10.3. The second-order valence-corrected chi connectivity index (χ2v) is 4.35. The number of aliphatic hydroxyl groups is 1. The van der Waals surface area contributed by atoms with Gasteiger partial charge >= 0.3 is 12.0 Å². The van der Waals surface area contributed by atoms with Gasteiger partial charge in [-0.15, -0.1) is 0 Å². The Morgan fingerprint density at radius 3 is 2.67 bits per heavy atom. The summed E-state index contributed by atoms with van der Waals surface area (Å²) in [6.07, 6.45) is 3.17. The predicted molar refractivity (Wildman–Crippen MR) is 63.2 cm³/mol. The number of hydrogen-bond donors (Lipinski definition) is 4. The summed E-state index contributed by atoms with van der Waals surface area (Å²) in [5.41, 5.74) is 0. The number of urea groups is 1. The summed E-state index contributed by atoms with van der Waals surface area (Å²) < 4.78 is 5.37. The van der Waals surface area contributed by atoms with Crippen molar-refractivity contribution in [2.75, 3.05) is 26.4 Å². The van der Waals surface area contributed by atoms with E-state index in [0.717, 1.165) is 12.5 Å². The van der Waals surface area contributed by atoms with Crippen LogP contribution in [-0.2, 0) is 9.53 Å². The molecular weight excluding hydrogens is 240 g/mol. The number of carboxylic acids is 1. The highest BCUT2D eigenvalue weighted by Gasteiger charge is 2.21. The number of carbonyl (C=O) groups excluding carboxylic acids is 1. The lowest BCUT2D eigenvalue weighted by molar-refractivity contribution is -0.140. The van der Waals surface area contributed by atoms with E-state index in [4.69, 9.17) is 14.9 Å². The van der Waals surface area contributed by atoms with Gasteiger partial charge in [-0.1, -0.05) is 0 Å². The zero-order valence-corrected chi connectivity index (χ0v) is 10.2. The number of amides is 2. The van der Waals surface area contributed by atoms with Crippen molar-refractivity contribution < 1.29 is 24.5 Å². The van der Waals surface area contributed by atoms with Crippen LogP contribution in [0.1, 0.15) is 19.3 Å². The molecule has 7 nitrogen and oxygen atoms in total. The van der Waals surface area contributed by atoms with Gasteiger partial charge in [-0.3, -0.25) is 0 Å². The SMILES string of the molecule is O=C(NCCCOCC1CC1)N[C@H](CO)C(=O)O. The number of hydrogen-bond acceptors (Lipinski definition) is 4. The van der Waals surface area contributed by atoms with E-state index in [0.29, 0.717) is 19.6 Å². The zero-order valence-electron chi connectivity index (χ0n) is 10.2. The fraction of sp³-hybridized carbons (Fsp3) is 0.818. The Bertz CT molecular complexity index is 281.